The summed E-state index contributed by atoms with van der Waals surface area (Å²) in [4.78, 5) is 15.2. The molecule has 0 bridgehead atoms. The van der Waals surface area contributed by atoms with Crippen LogP contribution in [0.25, 0.3) is 0 Å². The molecule has 0 aliphatic rings. The van der Waals surface area contributed by atoms with Gasteiger partial charge in [-0.15, -0.1) is 6.58 Å². The lowest BCUT2D eigenvalue weighted by atomic mass is 10.7. The molecule has 10 heavy (non-hydrogen) atoms. The van der Waals surface area contributed by atoms with Crippen LogP contribution >= 0.6 is 0 Å². The first-order valence-corrected chi connectivity index (χ1v) is 3.07. The normalized spacial score (nSPS) is 8.50. The third kappa shape index (κ3) is 5.11. The van der Waals surface area contributed by atoms with Gasteiger partial charge in [0.1, 0.15) is 0 Å². The number of hydroxylamine groups is 1. The van der Waals surface area contributed by atoms with Gasteiger partial charge in [-0.2, -0.15) is 0 Å². The van der Waals surface area contributed by atoms with E-state index in [1.165, 1.54) is 0 Å². The van der Waals surface area contributed by atoms with E-state index < -0.39 is 0 Å². The van der Waals surface area contributed by atoms with E-state index in [1.54, 1.807) is 6.08 Å². The molecule has 0 saturated heterocycles. The molecule has 0 unspecified atom stereocenters. The Morgan fingerprint density at radius 2 is 2.50 bits per heavy atom. The summed E-state index contributed by atoms with van der Waals surface area (Å²) in [5.41, 5.74) is 2.16. The molecule has 2 N–H and O–H groups in total. The van der Waals surface area contributed by atoms with Crippen LogP contribution in [0.3, 0.4) is 0 Å². The van der Waals surface area contributed by atoms with Crippen LogP contribution in [0.1, 0.15) is 6.92 Å². The minimum Gasteiger partial charge on any atom is -0.337 e. The number of carbonyl (C=O) groups excluding carboxylic acids is 1. The largest absolute Gasteiger partial charge is 0.338 e. The van der Waals surface area contributed by atoms with Gasteiger partial charge in [-0.3, -0.25) is 4.84 Å². The SMILES string of the molecule is C=CCONC(=O)NCC. The second-order valence-electron chi connectivity index (χ2n) is 1.56. The summed E-state index contributed by atoms with van der Waals surface area (Å²) in [6, 6.07) is -0.329. The van der Waals surface area contributed by atoms with Crippen LogP contribution in [0.2, 0.25) is 0 Å². The monoisotopic (exact) mass is 144 g/mol. The Labute approximate surface area is 60.2 Å². The second-order valence-corrected chi connectivity index (χ2v) is 1.56. The molecule has 0 aromatic rings. The van der Waals surface area contributed by atoms with Crippen molar-refractivity contribution in [1.29, 1.82) is 0 Å². The number of hydrogen-bond donors (Lipinski definition) is 2. The minimum atomic E-state index is -0.329. The van der Waals surface area contributed by atoms with Crippen LogP contribution in [-0.2, 0) is 4.84 Å². The van der Waals surface area contributed by atoms with Crippen molar-refractivity contribution in [1.82, 2.24) is 10.8 Å². The fourth-order valence-corrected chi connectivity index (χ4v) is 0.363. The predicted molar refractivity (Wildman–Crippen MR) is 38.4 cm³/mol. The maximum Gasteiger partial charge on any atom is 0.338 e. The number of hydrogen-bond acceptors (Lipinski definition) is 2. The summed E-state index contributed by atoms with van der Waals surface area (Å²) in [5, 5.41) is 2.50. The lowest BCUT2D eigenvalue weighted by molar-refractivity contribution is 0.0818. The highest BCUT2D eigenvalue weighted by Gasteiger charge is 1.93. The van der Waals surface area contributed by atoms with Crippen LogP contribution in [-0.4, -0.2) is 19.2 Å². The molecule has 0 aliphatic heterocycles. The van der Waals surface area contributed by atoms with Crippen LogP contribution in [0.15, 0.2) is 12.7 Å². The lowest BCUT2D eigenvalue weighted by Gasteiger charge is -2.02. The number of nitrogens with one attached hydrogen (secondary N) is 2. The molecule has 0 heterocycles. The highest BCUT2D eigenvalue weighted by Crippen LogP contribution is 1.68. The Bertz CT molecular complexity index is 114. The summed E-state index contributed by atoms with van der Waals surface area (Å²) in [6.07, 6.45) is 1.55. The summed E-state index contributed by atoms with van der Waals surface area (Å²) >= 11 is 0. The third-order valence-corrected chi connectivity index (χ3v) is 0.703. The van der Waals surface area contributed by atoms with Crippen LogP contribution in [0.5, 0.6) is 0 Å². The summed E-state index contributed by atoms with van der Waals surface area (Å²) in [7, 11) is 0. The Balaban J connectivity index is 3.13. The third-order valence-electron chi connectivity index (χ3n) is 0.703. The average Bonchev–Trinajstić information content (AvgIpc) is 1.89. The van der Waals surface area contributed by atoms with E-state index in [2.05, 4.69) is 22.2 Å². The Kier molecular flexibility index (Phi) is 5.47. The van der Waals surface area contributed by atoms with Crippen molar-refractivity contribution in [2.24, 2.45) is 0 Å². The van der Waals surface area contributed by atoms with Gasteiger partial charge in [0.15, 0.2) is 0 Å². The maximum atomic E-state index is 10.5. The van der Waals surface area contributed by atoms with E-state index >= 15 is 0 Å². The lowest BCUT2D eigenvalue weighted by Crippen LogP contribution is -2.35. The van der Waals surface area contributed by atoms with E-state index in [-0.39, 0.29) is 6.03 Å². The molecule has 0 radical (unpaired) electrons. The van der Waals surface area contributed by atoms with E-state index in [9.17, 15) is 4.79 Å². The fraction of sp³-hybridized carbons (Fsp3) is 0.500. The number of carbonyl (C=O) groups is 1. The molecular formula is C6H12N2O2. The first-order chi connectivity index (χ1) is 4.81. The summed E-state index contributed by atoms with van der Waals surface area (Å²) in [6.45, 7) is 6.14. The van der Waals surface area contributed by atoms with Crippen molar-refractivity contribution < 1.29 is 9.63 Å². The van der Waals surface area contributed by atoms with E-state index in [0.717, 1.165) is 0 Å². The molecule has 0 atom stereocenters. The topological polar surface area (TPSA) is 50.4 Å². The van der Waals surface area contributed by atoms with Crippen molar-refractivity contribution in [3.8, 4) is 0 Å². The Morgan fingerprint density at radius 3 is 3.00 bits per heavy atom. The summed E-state index contributed by atoms with van der Waals surface area (Å²) in [5.74, 6) is 0. The van der Waals surface area contributed by atoms with Gasteiger partial charge in [0.05, 0.1) is 6.61 Å². The van der Waals surface area contributed by atoms with Crippen molar-refractivity contribution >= 4 is 6.03 Å². The second kappa shape index (κ2) is 6.10. The van der Waals surface area contributed by atoms with Crippen LogP contribution in [0, 0.1) is 0 Å². The van der Waals surface area contributed by atoms with Gasteiger partial charge in [0.25, 0.3) is 0 Å². The molecule has 0 aromatic heterocycles. The molecule has 0 saturated carbocycles. The van der Waals surface area contributed by atoms with Crippen molar-refractivity contribution in [3.63, 3.8) is 0 Å². The standard InChI is InChI=1S/C6H12N2O2/c1-3-5-10-8-6(9)7-4-2/h3H,1,4-5H2,2H3,(H2,7,8,9). The molecule has 0 rings (SSSR count). The van der Waals surface area contributed by atoms with Gasteiger partial charge in [0, 0.05) is 6.54 Å². The summed E-state index contributed by atoms with van der Waals surface area (Å²) < 4.78 is 0. The van der Waals surface area contributed by atoms with E-state index in [1.807, 2.05) is 6.92 Å². The van der Waals surface area contributed by atoms with E-state index in [0.29, 0.717) is 13.2 Å². The highest BCUT2D eigenvalue weighted by molar-refractivity contribution is 5.72. The molecule has 4 heteroatoms. The number of urea groups is 1. The maximum absolute atomic E-state index is 10.5. The first-order valence-electron chi connectivity index (χ1n) is 3.07. The van der Waals surface area contributed by atoms with Gasteiger partial charge in [-0.05, 0) is 6.92 Å². The van der Waals surface area contributed by atoms with Gasteiger partial charge in [0.2, 0.25) is 0 Å². The van der Waals surface area contributed by atoms with Crippen molar-refractivity contribution in [3.05, 3.63) is 12.7 Å². The van der Waals surface area contributed by atoms with Crippen LogP contribution < -0.4 is 10.8 Å². The first kappa shape index (κ1) is 8.97. The molecule has 0 aromatic carbocycles. The van der Waals surface area contributed by atoms with Gasteiger partial charge < -0.3 is 5.32 Å². The van der Waals surface area contributed by atoms with E-state index in [4.69, 9.17) is 0 Å². The Hall–Kier alpha value is -1.03. The van der Waals surface area contributed by atoms with Crippen molar-refractivity contribution in [2.75, 3.05) is 13.2 Å². The number of amides is 2. The minimum absolute atomic E-state index is 0.317. The molecule has 4 nitrogen and oxygen atoms in total. The highest BCUT2D eigenvalue weighted by atomic mass is 16.7. The average molecular weight is 144 g/mol. The number of rotatable bonds is 4. The zero-order chi connectivity index (χ0) is 7.82. The molecule has 2 amide bonds. The van der Waals surface area contributed by atoms with Crippen LogP contribution in [0.4, 0.5) is 4.79 Å². The molecular weight excluding hydrogens is 132 g/mol. The molecule has 58 valence electrons. The van der Waals surface area contributed by atoms with Gasteiger partial charge >= 0.3 is 6.03 Å². The Morgan fingerprint density at radius 1 is 1.80 bits per heavy atom. The van der Waals surface area contributed by atoms with Gasteiger partial charge in [-0.1, -0.05) is 6.08 Å². The molecule has 0 spiro atoms. The fourth-order valence-electron chi connectivity index (χ4n) is 0.363. The predicted octanol–water partition coefficient (Wildman–Crippen LogP) is 0.423. The quantitative estimate of drug-likeness (QED) is 0.341. The molecule has 0 fully saturated rings. The van der Waals surface area contributed by atoms with Gasteiger partial charge in [-0.25, -0.2) is 10.3 Å². The molecule has 0 aliphatic carbocycles. The smallest absolute Gasteiger partial charge is 0.337 e. The van der Waals surface area contributed by atoms with Crippen molar-refractivity contribution in [2.45, 2.75) is 6.92 Å². The zero-order valence-electron chi connectivity index (χ0n) is 6.02. The zero-order valence-corrected chi connectivity index (χ0v) is 6.02.